The van der Waals surface area contributed by atoms with Crippen LogP contribution < -0.4 is 25.4 Å². The van der Waals surface area contributed by atoms with Gasteiger partial charge in [0, 0.05) is 36.1 Å². The van der Waals surface area contributed by atoms with Crippen LogP contribution in [0, 0.1) is 0 Å². The molecule has 0 spiro atoms. The van der Waals surface area contributed by atoms with Gasteiger partial charge in [0.25, 0.3) is 0 Å². The highest BCUT2D eigenvalue weighted by Gasteiger charge is 2.12. The molecule has 1 aliphatic rings. The molecule has 0 aliphatic carbocycles. The number of benzene rings is 1. The molecular formula is C21H29IN4O3S. The number of anilines is 1. The zero-order valence-corrected chi connectivity index (χ0v) is 20.3. The molecule has 7 nitrogen and oxygen atoms in total. The number of guanidine groups is 1. The number of hydrogen-bond donors (Lipinski definition) is 3. The molecule has 0 saturated heterocycles. The van der Waals surface area contributed by atoms with Gasteiger partial charge in [-0.15, -0.1) is 35.3 Å². The van der Waals surface area contributed by atoms with E-state index < -0.39 is 0 Å². The van der Waals surface area contributed by atoms with Gasteiger partial charge in [0.2, 0.25) is 5.91 Å². The number of halogens is 1. The second-order valence-electron chi connectivity index (χ2n) is 6.61. The Hall–Kier alpha value is -2.01. The zero-order chi connectivity index (χ0) is 20.3. The predicted molar refractivity (Wildman–Crippen MR) is 133 cm³/mol. The quantitative estimate of drug-likeness (QED) is 0.269. The summed E-state index contributed by atoms with van der Waals surface area (Å²) in [5.74, 6) is 1.93. The fourth-order valence-corrected chi connectivity index (χ4v) is 3.46. The average Bonchev–Trinajstić information content (AvgIpc) is 3.14. The van der Waals surface area contributed by atoms with Crippen LogP contribution in [0.4, 0.5) is 5.69 Å². The van der Waals surface area contributed by atoms with Gasteiger partial charge in [-0.05, 0) is 36.4 Å². The van der Waals surface area contributed by atoms with Gasteiger partial charge in [0.1, 0.15) is 6.54 Å². The van der Waals surface area contributed by atoms with E-state index in [-0.39, 0.29) is 36.4 Å². The first kappa shape index (κ1) is 24.3. The first-order valence-corrected chi connectivity index (χ1v) is 10.9. The van der Waals surface area contributed by atoms with Crippen molar-refractivity contribution < 1.29 is 14.3 Å². The molecule has 0 radical (unpaired) electrons. The molecule has 3 rings (SSSR count). The number of ether oxygens (including phenoxy) is 2. The molecule has 164 valence electrons. The predicted octanol–water partition coefficient (Wildman–Crippen LogP) is 3.65. The van der Waals surface area contributed by atoms with Gasteiger partial charge in [-0.3, -0.25) is 4.79 Å². The molecule has 0 saturated carbocycles. The van der Waals surface area contributed by atoms with E-state index in [1.807, 2.05) is 31.2 Å². The Kier molecular flexibility index (Phi) is 10.8. The summed E-state index contributed by atoms with van der Waals surface area (Å²) in [5.41, 5.74) is 0.825. The van der Waals surface area contributed by atoms with Gasteiger partial charge < -0.3 is 25.4 Å². The molecule has 1 aromatic heterocycles. The third-order valence-corrected chi connectivity index (χ3v) is 5.14. The van der Waals surface area contributed by atoms with Gasteiger partial charge in [0.15, 0.2) is 17.5 Å². The highest BCUT2D eigenvalue weighted by Crippen LogP contribution is 2.32. The lowest BCUT2D eigenvalue weighted by atomic mass is 10.2. The molecule has 2 heterocycles. The van der Waals surface area contributed by atoms with Crippen molar-refractivity contribution in [3.63, 3.8) is 0 Å². The van der Waals surface area contributed by atoms with Crippen LogP contribution in [0.2, 0.25) is 0 Å². The van der Waals surface area contributed by atoms with E-state index in [1.165, 1.54) is 4.88 Å². The third kappa shape index (κ3) is 8.02. The van der Waals surface area contributed by atoms with Crippen LogP contribution in [0.3, 0.4) is 0 Å². The summed E-state index contributed by atoms with van der Waals surface area (Å²) in [6.45, 7) is 4.75. The van der Waals surface area contributed by atoms with E-state index in [9.17, 15) is 4.79 Å². The van der Waals surface area contributed by atoms with Crippen LogP contribution in [-0.2, 0) is 11.2 Å². The molecule has 1 amide bonds. The largest absolute Gasteiger partial charge is 0.490 e. The van der Waals surface area contributed by atoms with Crippen LogP contribution >= 0.6 is 35.3 Å². The van der Waals surface area contributed by atoms with Crippen molar-refractivity contribution in [2.75, 3.05) is 38.2 Å². The molecule has 30 heavy (non-hydrogen) atoms. The molecule has 0 atom stereocenters. The average molecular weight is 544 g/mol. The summed E-state index contributed by atoms with van der Waals surface area (Å²) >= 11 is 1.73. The van der Waals surface area contributed by atoms with Crippen molar-refractivity contribution in [1.29, 1.82) is 0 Å². The first-order chi connectivity index (χ1) is 14.2. The number of nitrogens with one attached hydrogen (secondary N) is 3. The fraction of sp³-hybridized carbons (Fsp3) is 0.429. The summed E-state index contributed by atoms with van der Waals surface area (Å²) in [5, 5.41) is 11.5. The maximum atomic E-state index is 11.9. The summed E-state index contributed by atoms with van der Waals surface area (Å²) in [6.07, 6.45) is 2.65. The lowest BCUT2D eigenvalue weighted by Crippen LogP contribution is -2.34. The van der Waals surface area contributed by atoms with Crippen LogP contribution in [0.1, 0.15) is 24.6 Å². The van der Waals surface area contributed by atoms with Crippen LogP contribution in [0.15, 0.2) is 40.7 Å². The van der Waals surface area contributed by atoms with Gasteiger partial charge >= 0.3 is 0 Å². The highest BCUT2D eigenvalue weighted by atomic mass is 127. The normalized spacial score (nSPS) is 13.0. The minimum Gasteiger partial charge on any atom is -0.490 e. The minimum atomic E-state index is -0.0927. The molecular weight excluding hydrogens is 515 g/mol. The lowest BCUT2D eigenvalue weighted by molar-refractivity contribution is -0.119. The Morgan fingerprint density at radius 1 is 1.13 bits per heavy atom. The molecule has 1 aliphatic heterocycles. The number of hydrogen-bond acceptors (Lipinski definition) is 5. The van der Waals surface area contributed by atoms with Crippen molar-refractivity contribution in [2.24, 2.45) is 4.99 Å². The van der Waals surface area contributed by atoms with E-state index in [0.29, 0.717) is 38.0 Å². The second-order valence-corrected chi connectivity index (χ2v) is 7.64. The van der Waals surface area contributed by atoms with Gasteiger partial charge in [-0.1, -0.05) is 13.0 Å². The summed E-state index contributed by atoms with van der Waals surface area (Å²) in [7, 11) is 0. The van der Waals surface area contributed by atoms with E-state index in [1.54, 1.807) is 11.3 Å². The number of thiophene rings is 1. The van der Waals surface area contributed by atoms with E-state index >= 15 is 0 Å². The maximum Gasteiger partial charge on any atom is 0.241 e. The summed E-state index contributed by atoms with van der Waals surface area (Å²) in [4.78, 5) is 17.7. The van der Waals surface area contributed by atoms with E-state index in [2.05, 4.69) is 32.4 Å². The fourth-order valence-electron chi connectivity index (χ4n) is 2.75. The molecule has 0 unspecified atom stereocenters. The summed E-state index contributed by atoms with van der Waals surface area (Å²) in [6, 6.07) is 9.86. The Morgan fingerprint density at radius 3 is 2.73 bits per heavy atom. The van der Waals surface area contributed by atoms with Gasteiger partial charge in [-0.25, -0.2) is 4.99 Å². The highest BCUT2D eigenvalue weighted by molar-refractivity contribution is 14.0. The smallest absolute Gasteiger partial charge is 0.241 e. The molecule has 9 heteroatoms. The Morgan fingerprint density at radius 2 is 1.97 bits per heavy atom. The first-order valence-electron chi connectivity index (χ1n) is 9.98. The van der Waals surface area contributed by atoms with E-state index in [0.717, 1.165) is 30.7 Å². The number of nitrogens with zero attached hydrogens (tertiary/aromatic N) is 1. The number of carbonyl (C=O) groups is 1. The molecule has 1 aromatic carbocycles. The van der Waals surface area contributed by atoms with Crippen LogP contribution in [-0.4, -0.2) is 44.7 Å². The summed E-state index contributed by atoms with van der Waals surface area (Å²) < 4.78 is 11.4. The standard InChI is InChI=1S/C21H28N4O3S.HI/c1-2-9-22-20(26)15-24-21(23-10-8-17-5-3-13-29-17)25-16-6-7-18-19(14-16)28-12-4-11-27-18;/h3,5-7,13-14H,2,4,8-12,15H2,1H3,(H,22,26)(H2,23,24,25);1H. The Bertz CT molecular complexity index is 815. The molecule has 0 fully saturated rings. The van der Waals surface area contributed by atoms with Crippen LogP contribution in [0.25, 0.3) is 0 Å². The maximum absolute atomic E-state index is 11.9. The third-order valence-electron chi connectivity index (χ3n) is 4.21. The van der Waals surface area contributed by atoms with Crippen molar-refractivity contribution >= 4 is 52.9 Å². The van der Waals surface area contributed by atoms with Crippen molar-refractivity contribution in [3.05, 3.63) is 40.6 Å². The lowest BCUT2D eigenvalue weighted by Gasteiger charge is -2.14. The monoisotopic (exact) mass is 544 g/mol. The topological polar surface area (TPSA) is 84.0 Å². The Balaban J connectivity index is 0.00000320. The van der Waals surface area contributed by atoms with Crippen LogP contribution in [0.5, 0.6) is 11.5 Å². The van der Waals surface area contributed by atoms with Gasteiger partial charge in [-0.2, -0.15) is 0 Å². The minimum absolute atomic E-state index is 0. The number of aliphatic imine (C=N–C) groups is 1. The van der Waals surface area contributed by atoms with Crippen molar-refractivity contribution in [3.8, 4) is 11.5 Å². The number of amides is 1. The molecule has 0 bridgehead atoms. The van der Waals surface area contributed by atoms with Gasteiger partial charge in [0.05, 0.1) is 13.2 Å². The van der Waals surface area contributed by atoms with Crippen molar-refractivity contribution in [2.45, 2.75) is 26.2 Å². The van der Waals surface area contributed by atoms with E-state index in [4.69, 9.17) is 9.47 Å². The second kappa shape index (κ2) is 13.3. The Labute approximate surface area is 198 Å². The molecule has 2 aromatic rings. The number of carbonyl (C=O) groups excluding carboxylic acids is 1. The SMILES string of the molecule is CCCNC(=O)CN=C(NCCc1cccs1)Nc1ccc2c(c1)OCCCO2.I. The van der Waals surface area contributed by atoms with Crippen molar-refractivity contribution in [1.82, 2.24) is 10.6 Å². The number of rotatable bonds is 8. The molecule has 3 N–H and O–H groups in total. The number of fused-ring (bicyclic) bond motifs is 1. The zero-order valence-electron chi connectivity index (χ0n) is 17.1.